The van der Waals surface area contributed by atoms with Crippen molar-refractivity contribution >= 4 is 11.4 Å². The van der Waals surface area contributed by atoms with Gasteiger partial charge in [0.15, 0.2) is 0 Å². The van der Waals surface area contributed by atoms with E-state index in [9.17, 15) is 17.6 Å². The van der Waals surface area contributed by atoms with Crippen molar-refractivity contribution in [3.63, 3.8) is 0 Å². The Morgan fingerprint density at radius 1 is 1.05 bits per heavy atom. The van der Waals surface area contributed by atoms with Gasteiger partial charge in [-0.15, -0.1) is 0 Å². The van der Waals surface area contributed by atoms with E-state index >= 15 is 0 Å². The number of hydrogen-bond donors (Lipinski definition) is 1. The number of aryl methyl sites for hydroxylation is 1. The van der Waals surface area contributed by atoms with Crippen LogP contribution < -0.4 is 10.1 Å². The van der Waals surface area contributed by atoms with Crippen LogP contribution in [-0.4, -0.2) is 12.1 Å². The molecule has 0 atom stereocenters. The molecule has 1 aromatic carbocycles. The number of pyridine rings is 1. The third-order valence-corrected chi connectivity index (χ3v) is 2.61. The van der Waals surface area contributed by atoms with E-state index in [1.165, 1.54) is 13.2 Å². The van der Waals surface area contributed by atoms with Gasteiger partial charge in [0, 0.05) is 0 Å². The summed E-state index contributed by atoms with van der Waals surface area (Å²) in [4.78, 5) is 2.48. The van der Waals surface area contributed by atoms with Crippen LogP contribution in [0.2, 0.25) is 0 Å². The van der Waals surface area contributed by atoms with E-state index in [0.29, 0.717) is 0 Å². The largest absolute Gasteiger partial charge is 0.495 e. The van der Waals surface area contributed by atoms with Crippen LogP contribution in [0.5, 0.6) is 5.75 Å². The van der Waals surface area contributed by atoms with Crippen molar-refractivity contribution in [1.82, 2.24) is 4.98 Å². The van der Waals surface area contributed by atoms with Gasteiger partial charge in [-0.05, 0) is 24.6 Å². The Hall–Kier alpha value is -2.31. The number of rotatable bonds is 3. The first-order valence-electron chi connectivity index (χ1n) is 5.55. The van der Waals surface area contributed by atoms with Crippen molar-refractivity contribution in [3.05, 3.63) is 47.3 Å². The second kappa shape index (κ2) is 5.36. The summed E-state index contributed by atoms with van der Waals surface area (Å²) in [5.41, 5.74) is -0.0154. The second-order valence-electron chi connectivity index (χ2n) is 4.03. The zero-order valence-corrected chi connectivity index (χ0v) is 10.6. The first kappa shape index (κ1) is 14.1. The molecule has 0 saturated carbocycles. The zero-order valence-electron chi connectivity index (χ0n) is 10.6. The summed E-state index contributed by atoms with van der Waals surface area (Å²) >= 11 is 0. The van der Waals surface area contributed by atoms with Crippen LogP contribution in [-0.2, 0) is 0 Å². The molecule has 1 N–H and O–H groups in total. The van der Waals surface area contributed by atoms with E-state index in [1.807, 2.05) is 0 Å². The van der Waals surface area contributed by atoms with Crippen LogP contribution in [0.3, 0.4) is 0 Å². The Labute approximate surface area is 112 Å². The molecule has 0 bridgehead atoms. The van der Waals surface area contributed by atoms with Gasteiger partial charge in [-0.2, -0.15) is 22.5 Å². The lowest BCUT2D eigenvalue weighted by Crippen LogP contribution is -2.06. The van der Waals surface area contributed by atoms with Gasteiger partial charge < -0.3 is 10.1 Å². The lowest BCUT2D eigenvalue weighted by Gasteiger charge is -2.13. The number of anilines is 2. The average Bonchev–Trinajstić information content (AvgIpc) is 2.41. The normalized spacial score (nSPS) is 10.5. The predicted octanol–water partition coefficient (Wildman–Crippen LogP) is 3.70. The van der Waals surface area contributed by atoms with Gasteiger partial charge in [0.2, 0.25) is 11.6 Å². The molecule has 106 valence electrons. The molecule has 1 aromatic heterocycles. The fraction of sp³-hybridized carbons (Fsp3) is 0.154. The Bertz CT molecular complexity index is 635. The lowest BCUT2D eigenvalue weighted by atomic mass is 10.2. The number of nitrogens with one attached hydrogen (secondary N) is 1. The quantitative estimate of drug-likeness (QED) is 0.690. The highest BCUT2D eigenvalue weighted by Gasteiger charge is 2.21. The van der Waals surface area contributed by atoms with E-state index in [-0.39, 0.29) is 11.4 Å². The molecule has 0 unspecified atom stereocenters. The smallest absolute Gasteiger partial charge is 0.253 e. The lowest BCUT2D eigenvalue weighted by molar-refractivity contribution is 0.409. The summed E-state index contributed by atoms with van der Waals surface area (Å²) in [5.74, 6) is -6.39. The minimum absolute atomic E-state index is 0.176. The Morgan fingerprint density at radius 3 is 2.20 bits per heavy atom. The van der Waals surface area contributed by atoms with Gasteiger partial charge in [0.1, 0.15) is 11.4 Å². The zero-order chi connectivity index (χ0) is 14.9. The third kappa shape index (κ3) is 2.52. The first-order chi connectivity index (χ1) is 9.43. The molecule has 20 heavy (non-hydrogen) atoms. The number of hydrogen-bond acceptors (Lipinski definition) is 3. The molecule has 7 heteroatoms. The highest BCUT2D eigenvalue weighted by Crippen LogP contribution is 2.31. The summed E-state index contributed by atoms with van der Waals surface area (Å²) in [6.45, 7) is 1.74. The molecule has 0 aliphatic carbocycles. The van der Waals surface area contributed by atoms with Gasteiger partial charge in [-0.3, -0.25) is 0 Å². The van der Waals surface area contributed by atoms with E-state index in [0.717, 1.165) is 5.56 Å². The molecule has 3 nitrogen and oxygen atoms in total. The molecule has 0 amide bonds. The molecule has 2 rings (SSSR count). The topological polar surface area (TPSA) is 34.1 Å². The van der Waals surface area contributed by atoms with Gasteiger partial charge in [0.25, 0.3) is 11.9 Å². The highest BCUT2D eigenvalue weighted by molar-refractivity contribution is 5.67. The monoisotopic (exact) mass is 286 g/mol. The highest BCUT2D eigenvalue weighted by atomic mass is 19.2. The molecular formula is C13H10F4N2O. The van der Waals surface area contributed by atoms with Crippen LogP contribution >= 0.6 is 0 Å². The maximum atomic E-state index is 13.5. The van der Waals surface area contributed by atoms with Crippen molar-refractivity contribution < 1.29 is 22.3 Å². The fourth-order valence-corrected chi connectivity index (χ4v) is 1.65. The molecular weight excluding hydrogens is 276 g/mol. The summed E-state index contributed by atoms with van der Waals surface area (Å²) in [5, 5.41) is 2.29. The van der Waals surface area contributed by atoms with E-state index < -0.39 is 29.2 Å². The number of nitrogens with zero attached hydrogens (tertiary/aromatic N) is 1. The van der Waals surface area contributed by atoms with Crippen LogP contribution in [0.15, 0.2) is 18.2 Å². The molecule has 0 spiro atoms. The first-order valence-corrected chi connectivity index (χ1v) is 5.55. The van der Waals surface area contributed by atoms with Crippen molar-refractivity contribution in [1.29, 1.82) is 0 Å². The summed E-state index contributed by atoms with van der Waals surface area (Å²) in [7, 11) is 1.36. The third-order valence-electron chi connectivity index (χ3n) is 2.61. The number of aromatic nitrogens is 1. The Balaban J connectivity index is 2.53. The van der Waals surface area contributed by atoms with Crippen LogP contribution in [0, 0.1) is 30.5 Å². The standard InChI is InChI=1S/C13H10F4N2O/c1-6-3-4-8(20-2)7(5-6)18-11-9(14)12(16)19-13(17)10(11)15/h3-5H,1-2H3,(H,18,19). The molecule has 0 radical (unpaired) electrons. The average molecular weight is 286 g/mol. The molecule has 0 aliphatic rings. The second-order valence-corrected chi connectivity index (χ2v) is 4.03. The van der Waals surface area contributed by atoms with Crippen molar-refractivity contribution in [3.8, 4) is 5.75 Å². The van der Waals surface area contributed by atoms with Crippen LogP contribution in [0.25, 0.3) is 0 Å². The van der Waals surface area contributed by atoms with Crippen LogP contribution in [0.1, 0.15) is 5.56 Å². The summed E-state index contributed by atoms with van der Waals surface area (Å²) in [6.07, 6.45) is 0. The van der Waals surface area contributed by atoms with Crippen molar-refractivity contribution in [2.75, 3.05) is 12.4 Å². The van der Waals surface area contributed by atoms with Crippen molar-refractivity contribution in [2.45, 2.75) is 6.92 Å². The summed E-state index contributed by atoms with van der Waals surface area (Å²) in [6, 6.07) is 4.79. The molecule has 2 aromatic rings. The Kier molecular flexibility index (Phi) is 3.78. The number of ether oxygens (including phenoxy) is 1. The van der Waals surface area contributed by atoms with Gasteiger partial charge in [-0.1, -0.05) is 6.07 Å². The SMILES string of the molecule is COc1ccc(C)cc1Nc1c(F)c(F)nc(F)c1F. The number of benzene rings is 1. The van der Waals surface area contributed by atoms with Gasteiger partial charge in [-0.25, -0.2) is 0 Å². The van der Waals surface area contributed by atoms with E-state index in [1.54, 1.807) is 19.1 Å². The summed E-state index contributed by atoms with van der Waals surface area (Å²) < 4.78 is 58.1. The number of methoxy groups -OCH3 is 1. The minimum Gasteiger partial charge on any atom is -0.495 e. The minimum atomic E-state index is -1.72. The maximum Gasteiger partial charge on any atom is 0.253 e. The van der Waals surface area contributed by atoms with Gasteiger partial charge in [0.05, 0.1) is 12.8 Å². The van der Waals surface area contributed by atoms with Crippen LogP contribution in [0.4, 0.5) is 28.9 Å². The molecule has 1 heterocycles. The predicted molar refractivity (Wildman–Crippen MR) is 65.1 cm³/mol. The van der Waals surface area contributed by atoms with E-state index in [4.69, 9.17) is 4.74 Å². The Morgan fingerprint density at radius 2 is 1.65 bits per heavy atom. The molecule has 0 fully saturated rings. The van der Waals surface area contributed by atoms with E-state index in [2.05, 4.69) is 10.3 Å². The maximum absolute atomic E-state index is 13.5. The molecule has 0 aliphatic heterocycles. The fourth-order valence-electron chi connectivity index (χ4n) is 1.65. The van der Waals surface area contributed by atoms with Gasteiger partial charge >= 0.3 is 0 Å². The van der Waals surface area contributed by atoms with Crippen molar-refractivity contribution in [2.24, 2.45) is 0 Å². The molecule has 0 saturated heterocycles. The number of halogens is 4.